The first kappa shape index (κ1) is 13.9. The van der Waals surface area contributed by atoms with Crippen LogP contribution in [0.5, 0.6) is 5.75 Å². The summed E-state index contributed by atoms with van der Waals surface area (Å²) in [5, 5.41) is 5.66. The fraction of sp³-hybridized carbons (Fsp3) is 0.733. The molecule has 0 saturated heterocycles. The zero-order valence-corrected chi connectivity index (χ0v) is 12.6. The Morgan fingerprint density at radius 2 is 2.22 bits per heavy atom. The SMILES string of the molecule is CCC1CCCCC1C(NC)c1cc(OC)cs1. The van der Waals surface area contributed by atoms with Crippen LogP contribution in [0, 0.1) is 11.8 Å². The number of methoxy groups -OCH3 is 1. The van der Waals surface area contributed by atoms with Crippen molar-refractivity contribution in [2.45, 2.75) is 45.1 Å². The maximum absolute atomic E-state index is 5.31. The van der Waals surface area contributed by atoms with Crippen LogP contribution in [0.25, 0.3) is 0 Å². The normalized spacial score (nSPS) is 25.9. The maximum Gasteiger partial charge on any atom is 0.129 e. The Labute approximate surface area is 115 Å². The van der Waals surface area contributed by atoms with Gasteiger partial charge in [-0.3, -0.25) is 0 Å². The van der Waals surface area contributed by atoms with Crippen molar-refractivity contribution in [1.29, 1.82) is 0 Å². The van der Waals surface area contributed by atoms with Gasteiger partial charge in [-0.2, -0.15) is 0 Å². The predicted molar refractivity (Wildman–Crippen MR) is 78.4 cm³/mol. The first-order valence-corrected chi connectivity index (χ1v) is 7.97. The fourth-order valence-electron chi connectivity index (χ4n) is 3.35. The highest BCUT2D eigenvalue weighted by molar-refractivity contribution is 7.10. The van der Waals surface area contributed by atoms with Crippen LogP contribution >= 0.6 is 11.3 Å². The molecule has 1 aromatic heterocycles. The molecule has 2 nitrogen and oxygen atoms in total. The Bertz CT molecular complexity index is 363. The van der Waals surface area contributed by atoms with Gasteiger partial charge in [0.15, 0.2) is 0 Å². The molecule has 0 aromatic carbocycles. The minimum absolute atomic E-state index is 0.504. The summed E-state index contributed by atoms with van der Waals surface area (Å²) < 4.78 is 5.31. The molecule has 1 N–H and O–H groups in total. The minimum Gasteiger partial charge on any atom is -0.496 e. The van der Waals surface area contributed by atoms with Gasteiger partial charge in [-0.05, 0) is 31.4 Å². The number of hydrogen-bond donors (Lipinski definition) is 1. The molecule has 0 spiro atoms. The lowest BCUT2D eigenvalue weighted by Gasteiger charge is -2.36. The standard InChI is InChI=1S/C15H25NOS/c1-4-11-7-5-6-8-13(11)15(16-2)14-9-12(17-3)10-18-14/h9-11,13,15-16H,4-8H2,1-3H3. The summed E-state index contributed by atoms with van der Waals surface area (Å²) in [5.41, 5.74) is 0. The van der Waals surface area contributed by atoms with Crippen molar-refractivity contribution < 1.29 is 4.74 Å². The van der Waals surface area contributed by atoms with Gasteiger partial charge < -0.3 is 10.1 Å². The van der Waals surface area contributed by atoms with Crippen LogP contribution in [-0.4, -0.2) is 14.2 Å². The number of thiophene rings is 1. The summed E-state index contributed by atoms with van der Waals surface area (Å²) in [6, 6.07) is 2.71. The number of ether oxygens (including phenoxy) is 1. The third-order valence-electron chi connectivity index (χ3n) is 4.37. The highest BCUT2D eigenvalue weighted by atomic mass is 32.1. The van der Waals surface area contributed by atoms with E-state index < -0.39 is 0 Å². The Balaban J connectivity index is 2.15. The van der Waals surface area contributed by atoms with E-state index in [0.717, 1.165) is 17.6 Å². The summed E-state index contributed by atoms with van der Waals surface area (Å²) in [6.07, 6.45) is 6.89. The fourth-order valence-corrected chi connectivity index (χ4v) is 4.39. The molecule has 3 atom stereocenters. The Morgan fingerprint density at radius 3 is 2.83 bits per heavy atom. The molecule has 3 heteroatoms. The largest absolute Gasteiger partial charge is 0.496 e. The molecule has 1 aliphatic rings. The van der Waals surface area contributed by atoms with Crippen molar-refractivity contribution in [3.8, 4) is 5.75 Å². The highest BCUT2D eigenvalue weighted by Crippen LogP contribution is 2.42. The maximum atomic E-state index is 5.31. The topological polar surface area (TPSA) is 21.3 Å². The number of hydrogen-bond acceptors (Lipinski definition) is 3. The predicted octanol–water partition coefficient (Wildman–Crippen LogP) is 4.23. The molecule has 1 aliphatic carbocycles. The van der Waals surface area contributed by atoms with Crippen LogP contribution in [0.15, 0.2) is 11.4 Å². The molecule has 0 amide bonds. The lowest BCUT2D eigenvalue weighted by atomic mass is 9.73. The molecule has 3 unspecified atom stereocenters. The first-order valence-electron chi connectivity index (χ1n) is 7.09. The molecule has 1 saturated carbocycles. The first-order chi connectivity index (χ1) is 8.80. The second kappa shape index (κ2) is 6.58. The quantitative estimate of drug-likeness (QED) is 0.862. The van der Waals surface area contributed by atoms with Gasteiger partial charge in [0.25, 0.3) is 0 Å². The van der Waals surface area contributed by atoms with Crippen molar-refractivity contribution in [2.75, 3.05) is 14.2 Å². The van der Waals surface area contributed by atoms with Gasteiger partial charge >= 0.3 is 0 Å². The van der Waals surface area contributed by atoms with Gasteiger partial charge in [0, 0.05) is 16.3 Å². The molecule has 1 heterocycles. The van der Waals surface area contributed by atoms with E-state index in [1.807, 2.05) is 11.3 Å². The van der Waals surface area contributed by atoms with E-state index in [1.165, 1.54) is 37.0 Å². The molecular formula is C15H25NOS. The van der Waals surface area contributed by atoms with E-state index in [1.54, 1.807) is 7.11 Å². The Kier molecular flexibility index (Phi) is 5.07. The zero-order valence-electron chi connectivity index (χ0n) is 11.7. The molecule has 0 aliphatic heterocycles. The third kappa shape index (κ3) is 2.89. The molecule has 102 valence electrons. The van der Waals surface area contributed by atoms with Gasteiger partial charge in [0.1, 0.15) is 5.75 Å². The molecular weight excluding hydrogens is 242 g/mol. The molecule has 18 heavy (non-hydrogen) atoms. The van der Waals surface area contributed by atoms with Gasteiger partial charge in [-0.15, -0.1) is 11.3 Å². The van der Waals surface area contributed by atoms with E-state index in [4.69, 9.17) is 4.74 Å². The molecule has 2 rings (SSSR count). The van der Waals surface area contributed by atoms with Crippen LogP contribution in [0.4, 0.5) is 0 Å². The van der Waals surface area contributed by atoms with Crippen molar-refractivity contribution in [2.24, 2.45) is 11.8 Å². The molecule has 0 radical (unpaired) electrons. The minimum atomic E-state index is 0.504. The lowest BCUT2D eigenvalue weighted by Crippen LogP contribution is -2.32. The van der Waals surface area contributed by atoms with Gasteiger partial charge in [0.05, 0.1) is 7.11 Å². The molecule has 1 fully saturated rings. The van der Waals surface area contributed by atoms with E-state index >= 15 is 0 Å². The van der Waals surface area contributed by atoms with Crippen LogP contribution in [0.2, 0.25) is 0 Å². The Hall–Kier alpha value is -0.540. The summed E-state index contributed by atoms with van der Waals surface area (Å²) in [7, 11) is 3.84. The van der Waals surface area contributed by atoms with Gasteiger partial charge in [0.2, 0.25) is 0 Å². The summed E-state index contributed by atoms with van der Waals surface area (Å²) in [4.78, 5) is 1.43. The highest BCUT2D eigenvalue weighted by Gasteiger charge is 2.31. The van der Waals surface area contributed by atoms with Crippen LogP contribution in [0.3, 0.4) is 0 Å². The van der Waals surface area contributed by atoms with E-state index in [-0.39, 0.29) is 0 Å². The second-order valence-corrected chi connectivity index (χ2v) is 6.21. The summed E-state index contributed by atoms with van der Waals surface area (Å²) in [5.74, 6) is 2.67. The number of nitrogens with one attached hydrogen (secondary N) is 1. The van der Waals surface area contributed by atoms with Gasteiger partial charge in [-0.1, -0.05) is 32.6 Å². The average molecular weight is 267 g/mol. The van der Waals surface area contributed by atoms with E-state index in [0.29, 0.717) is 6.04 Å². The average Bonchev–Trinajstić information content (AvgIpc) is 2.89. The van der Waals surface area contributed by atoms with E-state index in [2.05, 4.69) is 30.7 Å². The second-order valence-electron chi connectivity index (χ2n) is 5.27. The van der Waals surface area contributed by atoms with Crippen LogP contribution in [-0.2, 0) is 0 Å². The third-order valence-corrected chi connectivity index (χ3v) is 5.36. The van der Waals surface area contributed by atoms with Crippen LogP contribution in [0.1, 0.15) is 49.9 Å². The zero-order chi connectivity index (χ0) is 13.0. The van der Waals surface area contributed by atoms with Crippen molar-refractivity contribution in [1.82, 2.24) is 5.32 Å². The van der Waals surface area contributed by atoms with Crippen molar-refractivity contribution >= 4 is 11.3 Å². The van der Waals surface area contributed by atoms with Crippen molar-refractivity contribution in [3.05, 3.63) is 16.3 Å². The Morgan fingerprint density at radius 1 is 1.44 bits per heavy atom. The summed E-state index contributed by atoms with van der Waals surface area (Å²) >= 11 is 1.83. The lowest BCUT2D eigenvalue weighted by molar-refractivity contribution is 0.182. The molecule has 0 bridgehead atoms. The van der Waals surface area contributed by atoms with Gasteiger partial charge in [-0.25, -0.2) is 0 Å². The van der Waals surface area contributed by atoms with Crippen LogP contribution < -0.4 is 10.1 Å². The van der Waals surface area contributed by atoms with E-state index in [9.17, 15) is 0 Å². The smallest absolute Gasteiger partial charge is 0.129 e. The summed E-state index contributed by atoms with van der Waals surface area (Å²) in [6.45, 7) is 2.34. The number of rotatable bonds is 5. The van der Waals surface area contributed by atoms with Crippen molar-refractivity contribution in [3.63, 3.8) is 0 Å². The molecule has 1 aromatic rings. The monoisotopic (exact) mass is 267 g/mol.